The molecule has 0 aliphatic carbocycles. The molecular weight excluding hydrogens is 358 g/mol. The summed E-state index contributed by atoms with van der Waals surface area (Å²) in [5, 5.41) is 11.6. The van der Waals surface area contributed by atoms with Crippen LogP contribution in [-0.4, -0.2) is 46.7 Å². The molecule has 2 rings (SSSR count). The molecule has 0 atom stereocenters. The van der Waals surface area contributed by atoms with Crippen molar-refractivity contribution < 1.29 is 23.1 Å². The maximum absolute atomic E-state index is 12.5. The molecule has 0 fully saturated rings. The van der Waals surface area contributed by atoms with E-state index >= 15 is 0 Å². The van der Waals surface area contributed by atoms with Gasteiger partial charge in [0.1, 0.15) is 18.1 Å². The fourth-order valence-corrected chi connectivity index (χ4v) is 3.38. The van der Waals surface area contributed by atoms with E-state index in [0.29, 0.717) is 16.9 Å². The minimum atomic E-state index is -3.32. The van der Waals surface area contributed by atoms with Gasteiger partial charge in [-0.15, -0.1) is 0 Å². The zero-order chi connectivity index (χ0) is 19.5. The van der Waals surface area contributed by atoms with Crippen LogP contribution < -0.4 is 5.32 Å². The number of carboxylic acid groups (broad SMARTS) is 1. The number of sulfone groups is 1. The van der Waals surface area contributed by atoms with E-state index in [9.17, 15) is 18.0 Å². The number of aromatic nitrogens is 2. The Morgan fingerprint density at radius 2 is 1.92 bits per heavy atom. The Morgan fingerprint density at radius 1 is 1.27 bits per heavy atom. The molecule has 26 heavy (non-hydrogen) atoms. The molecule has 0 saturated heterocycles. The Bertz CT molecular complexity index is 931. The molecule has 0 aliphatic rings. The van der Waals surface area contributed by atoms with E-state index < -0.39 is 21.3 Å². The predicted octanol–water partition coefficient (Wildman–Crippen LogP) is 1.34. The van der Waals surface area contributed by atoms with E-state index in [-0.39, 0.29) is 31.0 Å². The first kappa shape index (κ1) is 19.9. The summed E-state index contributed by atoms with van der Waals surface area (Å²) in [5.41, 5.74) is 0.594. The monoisotopic (exact) mass is 381 g/mol. The quantitative estimate of drug-likeness (QED) is 0.712. The maximum atomic E-state index is 12.5. The van der Waals surface area contributed by atoms with Gasteiger partial charge in [0.05, 0.1) is 11.0 Å². The lowest BCUT2D eigenvalue weighted by atomic mass is 9.98. The van der Waals surface area contributed by atoms with Gasteiger partial charge in [-0.25, -0.2) is 13.4 Å². The van der Waals surface area contributed by atoms with Gasteiger partial charge in [-0.3, -0.25) is 9.59 Å². The molecule has 2 N–H and O–H groups in total. The number of aliphatic carboxylic acids is 1. The number of rotatable bonds is 8. The highest BCUT2D eigenvalue weighted by molar-refractivity contribution is 7.89. The number of carbonyl (C=O) groups is 2. The van der Waals surface area contributed by atoms with E-state index in [0.717, 1.165) is 6.26 Å². The first-order valence-electron chi connectivity index (χ1n) is 8.11. The molecule has 1 amide bonds. The van der Waals surface area contributed by atoms with Gasteiger partial charge in [0.25, 0.3) is 0 Å². The highest BCUT2D eigenvalue weighted by Gasteiger charge is 2.23. The highest BCUT2D eigenvalue weighted by Crippen LogP contribution is 2.18. The van der Waals surface area contributed by atoms with E-state index in [2.05, 4.69) is 10.3 Å². The number of carboxylic acids is 1. The van der Waals surface area contributed by atoms with Crippen molar-refractivity contribution in [3.05, 3.63) is 30.1 Å². The van der Waals surface area contributed by atoms with E-state index in [1.807, 2.05) is 0 Å². The number of amides is 1. The summed E-state index contributed by atoms with van der Waals surface area (Å²) in [5.74, 6) is -1.23. The largest absolute Gasteiger partial charge is 0.481 e. The van der Waals surface area contributed by atoms with Crippen molar-refractivity contribution in [1.29, 1.82) is 0 Å². The Morgan fingerprint density at radius 3 is 2.54 bits per heavy atom. The molecule has 1 heterocycles. The minimum absolute atomic E-state index is 0.0549. The Hall–Kier alpha value is -2.42. The van der Waals surface area contributed by atoms with Crippen molar-refractivity contribution in [3.8, 4) is 0 Å². The summed E-state index contributed by atoms with van der Waals surface area (Å²) in [7, 11) is -3.32. The molecule has 0 unspecified atom stereocenters. The molecule has 0 saturated carbocycles. The van der Waals surface area contributed by atoms with Crippen LogP contribution in [0.15, 0.2) is 24.3 Å². The molecule has 9 heteroatoms. The van der Waals surface area contributed by atoms with Crippen molar-refractivity contribution in [2.24, 2.45) is 0 Å². The molecule has 0 spiro atoms. The van der Waals surface area contributed by atoms with Gasteiger partial charge in [-0.2, -0.15) is 0 Å². The van der Waals surface area contributed by atoms with Crippen LogP contribution in [0.2, 0.25) is 0 Å². The number of para-hydroxylation sites is 2. The van der Waals surface area contributed by atoms with Crippen molar-refractivity contribution in [3.63, 3.8) is 0 Å². The molecule has 142 valence electrons. The third kappa shape index (κ3) is 5.55. The van der Waals surface area contributed by atoms with Gasteiger partial charge < -0.3 is 15.0 Å². The zero-order valence-corrected chi connectivity index (χ0v) is 15.8. The number of nitrogens with one attached hydrogen (secondary N) is 1. The third-order valence-corrected chi connectivity index (χ3v) is 4.65. The fourth-order valence-electron chi connectivity index (χ4n) is 2.69. The summed E-state index contributed by atoms with van der Waals surface area (Å²) in [6.45, 7) is 3.40. The van der Waals surface area contributed by atoms with Crippen molar-refractivity contribution >= 4 is 32.7 Å². The summed E-state index contributed by atoms with van der Waals surface area (Å²) in [4.78, 5) is 27.5. The average molecular weight is 381 g/mol. The molecular formula is C17H23N3O5S. The van der Waals surface area contributed by atoms with Crippen molar-refractivity contribution in [2.75, 3.05) is 6.26 Å². The molecule has 2 aromatic rings. The normalized spacial score (nSPS) is 12.3. The SMILES string of the molecule is CC(C)(CCC(=O)O)NC(=O)Cn1c(CS(C)(=O)=O)nc2ccccc21. The topological polar surface area (TPSA) is 118 Å². The number of nitrogens with zero attached hydrogens (tertiary/aromatic N) is 2. The molecule has 0 bridgehead atoms. The van der Waals surface area contributed by atoms with Crippen molar-refractivity contribution in [2.45, 2.75) is 44.5 Å². The second kappa shape index (κ2) is 7.45. The van der Waals surface area contributed by atoms with Crippen LogP contribution in [0, 0.1) is 0 Å². The standard InChI is InChI=1S/C17H23N3O5S/c1-17(2,9-8-16(22)23)19-15(21)10-20-13-7-5-4-6-12(13)18-14(20)11-26(3,24)25/h4-7H,8-11H2,1-3H3,(H,19,21)(H,22,23). The number of benzene rings is 1. The van der Waals surface area contributed by atoms with Gasteiger partial charge in [-0.1, -0.05) is 12.1 Å². The Kier molecular flexibility index (Phi) is 5.70. The van der Waals surface area contributed by atoms with Gasteiger partial charge in [0.15, 0.2) is 9.84 Å². The molecule has 8 nitrogen and oxygen atoms in total. The average Bonchev–Trinajstić information content (AvgIpc) is 2.80. The maximum Gasteiger partial charge on any atom is 0.303 e. The number of hydrogen-bond donors (Lipinski definition) is 2. The van der Waals surface area contributed by atoms with Gasteiger partial charge in [0.2, 0.25) is 5.91 Å². The second-order valence-corrected chi connectivity index (χ2v) is 9.14. The predicted molar refractivity (Wildman–Crippen MR) is 97.4 cm³/mol. The summed E-state index contributed by atoms with van der Waals surface area (Å²) in [6, 6.07) is 7.11. The number of imidazole rings is 1. The van der Waals surface area contributed by atoms with Gasteiger partial charge >= 0.3 is 5.97 Å². The lowest BCUT2D eigenvalue weighted by Gasteiger charge is -2.26. The first-order valence-corrected chi connectivity index (χ1v) is 10.2. The van der Waals surface area contributed by atoms with Crippen LogP contribution in [0.25, 0.3) is 11.0 Å². The summed E-state index contributed by atoms with van der Waals surface area (Å²) in [6.07, 6.45) is 1.35. The van der Waals surface area contributed by atoms with Crippen LogP contribution in [0.4, 0.5) is 0 Å². The second-order valence-electron chi connectivity index (χ2n) is 7.00. The third-order valence-electron chi connectivity index (χ3n) is 3.87. The lowest BCUT2D eigenvalue weighted by Crippen LogP contribution is -2.45. The number of fused-ring (bicyclic) bond motifs is 1. The van der Waals surface area contributed by atoms with Crippen molar-refractivity contribution in [1.82, 2.24) is 14.9 Å². The van der Waals surface area contributed by atoms with E-state index in [1.165, 1.54) is 0 Å². The van der Waals surface area contributed by atoms with Crippen LogP contribution in [0.3, 0.4) is 0 Å². The number of carbonyl (C=O) groups excluding carboxylic acids is 1. The van der Waals surface area contributed by atoms with Crippen LogP contribution in [0.5, 0.6) is 0 Å². The molecule has 1 aromatic carbocycles. The molecule has 1 aromatic heterocycles. The van der Waals surface area contributed by atoms with Gasteiger partial charge in [-0.05, 0) is 32.4 Å². The zero-order valence-electron chi connectivity index (χ0n) is 15.0. The minimum Gasteiger partial charge on any atom is -0.481 e. The van der Waals surface area contributed by atoms with Crippen LogP contribution in [0.1, 0.15) is 32.5 Å². The lowest BCUT2D eigenvalue weighted by molar-refractivity contribution is -0.137. The number of hydrogen-bond acceptors (Lipinski definition) is 5. The summed E-state index contributed by atoms with van der Waals surface area (Å²) >= 11 is 0. The van der Waals surface area contributed by atoms with E-state index in [4.69, 9.17) is 5.11 Å². The van der Waals surface area contributed by atoms with E-state index in [1.54, 1.807) is 42.7 Å². The molecule has 0 aliphatic heterocycles. The van der Waals surface area contributed by atoms with Crippen LogP contribution in [-0.2, 0) is 31.7 Å². The fraction of sp³-hybridized carbons (Fsp3) is 0.471. The smallest absolute Gasteiger partial charge is 0.303 e. The summed E-state index contributed by atoms with van der Waals surface area (Å²) < 4.78 is 24.9. The van der Waals surface area contributed by atoms with Gasteiger partial charge in [0, 0.05) is 18.2 Å². The highest BCUT2D eigenvalue weighted by atomic mass is 32.2. The first-order chi connectivity index (χ1) is 12.0. The van der Waals surface area contributed by atoms with Crippen LogP contribution >= 0.6 is 0 Å². The Balaban J connectivity index is 2.24. The molecule has 0 radical (unpaired) electrons. The Labute approximate surface area is 152 Å².